The van der Waals surface area contributed by atoms with Crippen molar-refractivity contribution in [3.05, 3.63) is 46.1 Å². The fourth-order valence-corrected chi connectivity index (χ4v) is 3.26. The van der Waals surface area contributed by atoms with Crippen molar-refractivity contribution < 1.29 is 14.6 Å². The van der Waals surface area contributed by atoms with Gasteiger partial charge in [-0.2, -0.15) is 0 Å². The maximum absolute atomic E-state index is 10.9. The van der Waals surface area contributed by atoms with Gasteiger partial charge in [-0.1, -0.05) is 53.0 Å². The minimum Gasteiger partial charge on any atom is -0.490 e. The Morgan fingerprint density at radius 2 is 2.08 bits per heavy atom. The molecule has 1 aliphatic heterocycles. The van der Waals surface area contributed by atoms with Crippen LogP contribution in [-0.4, -0.2) is 40.8 Å². The summed E-state index contributed by atoms with van der Waals surface area (Å²) in [5, 5.41) is 9.69. The number of carbonyl (C=O) groups is 1. The smallest absolute Gasteiger partial charge is 0.407 e. The summed E-state index contributed by atoms with van der Waals surface area (Å²) in [5.41, 5.74) is 2.65. The molecule has 1 aromatic heterocycles. The van der Waals surface area contributed by atoms with E-state index in [9.17, 15) is 4.79 Å². The highest BCUT2D eigenvalue weighted by Crippen LogP contribution is 2.34. The number of nitrogens with zero attached hydrogens (tertiary/aromatic N) is 2. The first-order valence-corrected chi connectivity index (χ1v) is 8.73. The SMILES string of the molecule is Cc1ccc(-c2nc(Cl)c(OC[C@@H]3CCN(C(=O)O)C3)cc2Cl)cc1. The number of hydrogen-bond acceptors (Lipinski definition) is 3. The highest BCUT2D eigenvalue weighted by Gasteiger charge is 2.26. The fourth-order valence-electron chi connectivity index (χ4n) is 2.81. The molecule has 1 amide bonds. The highest BCUT2D eigenvalue weighted by molar-refractivity contribution is 6.35. The van der Waals surface area contributed by atoms with Crippen LogP contribution >= 0.6 is 23.2 Å². The van der Waals surface area contributed by atoms with Gasteiger partial charge in [0.05, 0.1) is 17.3 Å². The standard InChI is InChI=1S/C18H18Cl2N2O3/c1-11-2-4-13(5-3-11)16-14(19)8-15(17(20)21-16)25-10-12-6-7-22(9-12)18(23)24/h2-5,8,12H,6-7,9-10H2,1H3,(H,23,24)/t12-/m1/s1. The van der Waals surface area contributed by atoms with Crippen molar-refractivity contribution in [1.82, 2.24) is 9.88 Å². The number of aryl methyl sites for hydroxylation is 1. The molecule has 0 aliphatic carbocycles. The number of likely N-dealkylation sites (tertiary alicyclic amines) is 1. The average molecular weight is 381 g/mol. The van der Waals surface area contributed by atoms with E-state index in [-0.39, 0.29) is 11.1 Å². The zero-order chi connectivity index (χ0) is 18.0. The summed E-state index contributed by atoms with van der Waals surface area (Å²) in [5.74, 6) is 0.555. The largest absolute Gasteiger partial charge is 0.490 e. The van der Waals surface area contributed by atoms with Gasteiger partial charge in [-0.15, -0.1) is 0 Å². The van der Waals surface area contributed by atoms with Gasteiger partial charge in [0.2, 0.25) is 0 Å². The van der Waals surface area contributed by atoms with E-state index in [0.717, 1.165) is 17.5 Å². The van der Waals surface area contributed by atoms with Crippen LogP contribution in [0.2, 0.25) is 10.2 Å². The molecule has 1 aromatic carbocycles. The van der Waals surface area contributed by atoms with Gasteiger partial charge < -0.3 is 14.7 Å². The van der Waals surface area contributed by atoms with Crippen LogP contribution in [0.15, 0.2) is 30.3 Å². The molecule has 1 atom stereocenters. The number of rotatable bonds is 4. The zero-order valence-electron chi connectivity index (χ0n) is 13.7. The lowest BCUT2D eigenvalue weighted by Gasteiger charge is -2.15. The number of amides is 1. The zero-order valence-corrected chi connectivity index (χ0v) is 15.2. The van der Waals surface area contributed by atoms with Crippen molar-refractivity contribution in [3.8, 4) is 17.0 Å². The third kappa shape index (κ3) is 4.17. The fraction of sp³-hybridized carbons (Fsp3) is 0.333. The van der Waals surface area contributed by atoms with Crippen LogP contribution in [0.1, 0.15) is 12.0 Å². The Hall–Kier alpha value is -1.98. The van der Waals surface area contributed by atoms with Crippen molar-refractivity contribution in [2.45, 2.75) is 13.3 Å². The minimum atomic E-state index is -0.896. The summed E-state index contributed by atoms with van der Waals surface area (Å²) in [6.07, 6.45) is -0.125. The highest BCUT2D eigenvalue weighted by atomic mass is 35.5. The van der Waals surface area contributed by atoms with Crippen LogP contribution in [0.5, 0.6) is 5.75 Å². The summed E-state index contributed by atoms with van der Waals surface area (Å²) in [7, 11) is 0. The van der Waals surface area contributed by atoms with E-state index >= 15 is 0 Å². The molecule has 1 fully saturated rings. The first-order valence-electron chi connectivity index (χ1n) is 7.98. The van der Waals surface area contributed by atoms with Gasteiger partial charge in [-0.3, -0.25) is 0 Å². The van der Waals surface area contributed by atoms with E-state index in [4.69, 9.17) is 33.0 Å². The van der Waals surface area contributed by atoms with Crippen molar-refractivity contribution in [2.75, 3.05) is 19.7 Å². The first-order chi connectivity index (χ1) is 11.9. The van der Waals surface area contributed by atoms with E-state index < -0.39 is 6.09 Å². The van der Waals surface area contributed by atoms with Gasteiger partial charge in [-0.05, 0) is 13.3 Å². The predicted octanol–water partition coefficient (Wildman–Crippen LogP) is 4.74. The van der Waals surface area contributed by atoms with Crippen molar-refractivity contribution >= 4 is 29.3 Å². The van der Waals surface area contributed by atoms with Gasteiger partial charge >= 0.3 is 6.09 Å². The van der Waals surface area contributed by atoms with Crippen LogP contribution in [0.4, 0.5) is 4.79 Å². The third-order valence-corrected chi connectivity index (χ3v) is 4.81. The number of pyridine rings is 1. The summed E-state index contributed by atoms with van der Waals surface area (Å²) in [4.78, 5) is 16.7. The molecule has 132 valence electrons. The Balaban J connectivity index is 1.70. The molecule has 25 heavy (non-hydrogen) atoms. The minimum absolute atomic E-state index is 0.141. The lowest BCUT2D eigenvalue weighted by Crippen LogP contribution is -2.27. The molecule has 0 unspecified atom stereocenters. The number of carboxylic acid groups (broad SMARTS) is 1. The monoisotopic (exact) mass is 380 g/mol. The van der Waals surface area contributed by atoms with Gasteiger partial charge in [0.15, 0.2) is 10.9 Å². The topological polar surface area (TPSA) is 62.7 Å². The number of ether oxygens (including phenoxy) is 1. The van der Waals surface area contributed by atoms with Gasteiger partial charge in [0.25, 0.3) is 0 Å². The Kier molecular flexibility index (Phi) is 5.35. The van der Waals surface area contributed by atoms with Crippen molar-refractivity contribution in [3.63, 3.8) is 0 Å². The van der Waals surface area contributed by atoms with Crippen LogP contribution < -0.4 is 4.74 Å². The second kappa shape index (κ2) is 7.50. The molecule has 5 nitrogen and oxygen atoms in total. The molecule has 0 radical (unpaired) electrons. The predicted molar refractivity (Wildman–Crippen MR) is 97.6 cm³/mol. The lowest BCUT2D eigenvalue weighted by atomic mass is 10.1. The Morgan fingerprint density at radius 3 is 2.72 bits per heavy atom. The van der Waals surface area contributed by atoms with Gasteiger partial charge in [0.1, 0.15) is 0 Å². The second-order valence-electron chi connectivity index (χ2n) is 6.17. The molecule has 1 aliphatic rings. The molecule has 3 rings (SSSR count). The van der Waals surface area contributed by atoms with Gasteiger partial charge in [0, 0.05) is 30.6 Å². The number of halogens is 2. The molecule has 0 bridgehead atoms. The molecule has 1 saturated heterocycles. The molecule has 0 spiro atoms. The Bertz CT molecular complexity index is 781. The van der Waals surface area contributed by atoms with Crippen LogP contribution in [0.25, 0.3) is 11.3 Å². The van der Waals surface area contributed by atoms with Crippen LogP contribution in [-0.2, 0) is 0 Å². The first kappa shape index (κ1) is 17.8. The van der Waals surface area contributed by atoms with E-state index in [0.29, 0.717) is 36.2 Å². The van der Waals surface area contributed by atoms with Crippen molar-refractivity contribution in [2.24, 2.45) is 5.92 Å². The molecular weight excluding hydrogens is 363 g/mol. The molecule has 2 heterocycles. The molecule has 2 aromatic rings. The molecular formula is C18H18Cl2N2O3. The van der Waals surface area contributed by atoms with E-state index in [1.165, 1.54) is 4.90 Å². The van der Waals surface area contributed by atoms with Crippen molar-refractivity contribution in [1.29, 1.82) is 0 Å². The molecule has 0 saturated carbocycles. The Labute approximate surface area is 156 Å². The quantitative estimate of drug-likeness (QED) is 0.777. The average Bonchev–Trinajstić information content (AvgIpc) is 3.05. The maximum atomic E-state index is 10.9. The molecule has 1 N–H and O–H groups in total. The maximum Gasteiger partial charge on any atom is 0.407 e. The number of aromatic nitrogens is 1. The van der Waals surface area contributed by atoms with Crippen LogP contribution in [0, 0.1) is 12.8 Å². The second-order valence-corrected chi connectivity index (χ2v) is 6.93. The lowest BCUT2D eigenvalue weighted by molar-refractivity contribution is 0.151. The summed E-state index contributed by atoms with van der Waals surface area (Å²) >= 11 is 12.6. The molecule has 7 heteroatoms. The van der Waals surface area contributed by atoms with E-state index in [2.05, 4.69) is 4.98 Å². The number of hydrogen-bond donors (Lipinski definition) is 1. The Morgan fingerprint density at radius 1 is 1.36 bits per heavy atom. The van der Waals surface area contributed by atoms with E-state index in [1.54, 1.807) is 6.07 Å². The van der Waals surface area contributed by atoms with Crippen LogP contribution in [0.3, 0.4) is 0 Å². The summed E-state index contributed by atoms with van der Waals surface area (Å²) in [6, 6.07) is 9.52. The van der Waals surface area contributed by atoms with Gasteiger partial charge in [-0.25, -0.2) is 9.78 Å². The third-order valence-electron chi connectivity index (χ3n) is 4.25. The summed E-state index contributed by atoms with van der Waals surface area (Å²) < 4.78 is 5.74. The number of benzene rings is 1. The normalized spacial score (nSPS) is 16.9. The van der Waals surface area contributed by atoms with E-state index in [1.807, 2.05) is 31.2 Å². The summed E-state index contributed by atoms with van der Waals surface area (Å²) in [6.45, 7) is 3.39.